The van der Waals surface area contributed by atoms with Gasteiger partial charge in [0, 0.05) is 29.0 Å². The van der Waals surface area contributed by atoms with Crippen LogP contribution >= 0.6 is 15.9 Å². The summed E-state index contributed by atoms with van der Waals surface area (Å²) < 4.78 is 0. The number of carbonyl (C=O) groups is 1. The Morgan fingerprint density at radius 1 is 1.70 bits per heavy atom. The Morgan fingerprint density at radius 3 is 2.70 bits per heavy atom. The lowest BCUT2D eigenvalue weighted by molar-refractivity contribution is 0.1000. The first-order valence-corrected chi connectivity index (χ1v) is 3.62. The summed E-state index contributed by atoms with van der Waals surface area (Å²) in [5.41, 5.74) is 0. The molecule has 0 atom stereocenters. The molecule has 1 fully saturated rings. The maximum atomic E-state index is 10.2. The summed E-state index contributed by atoms with van der Waals surface area (Å²) in [6, 6.07) is 0. The molecule has 1 aliphatic heterocycles. The van der Waals surface area contributed by atoms with Crippen LogP contribution in [0, 0.1) is 16.7 Å². The van der Waals surface area contributed by atoms with Crippen LogP contribution in [0.3, 0.4) is 0 Å². The molecule has 0 unspecified atom stereocenters. The number of halogens is 1. The van der Waals surface area contributed by atoms with Crippen molar-refractivity contribution >= 4 is 22.0 Å². The van der Waals surface area contributed by atoms with Crippen LogP contribution in [0.1, 0.15) is 0 Å². The molecule has 1 N–H and O–H groups in total. The topological polar surface area (TPSA) is 40.5 Å². The van der Waals surface area contributed by atoms with E-state index in [1.54, 1.807) is 0 Å². The van der Waals surface area contributed by atoms with Crippen molar-refractivity contribution < 1.29 is 9.90 Å². The Balaban J connectivity index is 2.28. The molecule has 4 heteroatoms. The molecule has 0 spiro atoms. The first kappa shape index (κ1) is 7.42. The Morgan fingerprint density at radius 2 is 2.30 bits per heavy atom. The number of rotatable bonds is 0. The van der Waals surface area contributed by atoms with E-state index < -0.39 is 6.09 Å². The van der Waals surface area contributed by atoms with E-state index in [-0.39, 0.29) is 5.92 Å². The molecule has 0 aromatic rings. The molecular weight excluding hydrogens is 198 g/mol. The van der Waals surface area contributed by atoms with E-state index in [2.05, 4.69) is 26.7 Å². The molecular formula is C6H6BrNO2. The third-order valence-corrected chi connectivity index (χ3v) is 1.64. The maximum absolute atomic E-state index is 10.2. The van der Waals surface area contributed by atoms with Crippen molar-refractivity contribution in [2.24, 2.45) is 5.92 Å². The van der Waals surface area contributed by atoms with Crippen LogP contribution in [0.4, 0.5) is 4.79 Å². The normalized spacial score (nSPS) is 17.1. The fourth-order valence-electron chi connectivity index (χ4n) is 0.803. The van der Waals surface area contributed by atoms with E-state index >= 15 is 0 Å². The van der Waals surface area contributed by atoms with Crippen LogP contribution in [-0.4, -0.2) is 29.2 Å². The third kappa shape index (κ3) is 1.42. The van der Waals surface area contributed by atoms with Crippen LogP contribution in [-0.2, 0) is 0 Å². The molecule has 0 radical (unpaired) electrons. The second-order valence-corrected chi connectivity index (χ2v) is 2.52. The number of likely N-dealkylation sites (tertiary alicyclic amines) is 1. The minimum atomic E-state index is -0.854. The van der Waals surface area contributed by atoms with Gasteiger partial charge >= 0.3 is 6.09 Å². The fourth-order valence-corrected chi connectivity index (χ4v) is 1.13. The van der Waals surface area contributed by atoms with Crippen molar-refractivity contribution in [1.29, 1.82) is 0 Å². The molecule has 1 saturated heterocycles. The van der Waals surface area contributed by atoms with Gasteiger partial charge in [0.1, 0.15) is 0 Å². The van der Waals surface area contributed by atoms with E-state index in [0.29, 0.717) is 13.1 Å². The Kier molecular flexibility index (Phi) is 2.17. The van der Waals surface area contributed by atoms with Crippen molar-refractivity contribution in [3.8, 4) is 10.8 Å². The fraction of sp³-hybridized carbons (Fsp3) is 0.500. The van der Waals surface area contributed by atoms with Gasteiger partial charge in [-0.3, -0.25) is 0 Å². The predicted octanol–water partition coefficient (Wildman–Crippen LogP) is 0.952. The van der Waals surface area contributed by atoms with E-state index in [1.807, 2.05) is 0 Å². The zero-order valence-corrected chi connectivity index (χ0v) is 6.76. The van der Waals surface area contributed by atoms with Crippen LogP contribution in [0.25, 0.3) is 0 Å². The van der Waals surface area contributed by atoms with Crippen LogP contribution < -0.4 is 0 Å². The van der Waals surface area contributed by atoms with Crippen molar-refractivity contribution in [3.63, 3.8) is 0 Å². The summed E-state index contributed by atoms with van der Waals surface area (Å²) in [5, 5.41) is 8.39. The van der Waals surface area contributed by atoms with Gasteiger partial charge in [-0.05, 0) is 4.83 Å². The molecule has 0 aromatic carbocycles. The van der Waals surface area contributed by atoms with Crippen LogP contribution in [0.5, 0.6) is 0 Å². The SMILES string of the molecule is O=C(O)N1CC(C#CBr)C1. The number of hydrogen-bond donors (Lipinski definition) is 1. The standard InChI is InChI=1S/C6H6BrNO2/c7-2-1-5-3-8(4-5)6(9)10/h5H,3-4H2,(H,9,10). The third-order valence-electron chi connectivity index (χ3n) is 1.41. The lowest BCUT2D eigenvalue weighted by atomic mass is 10.0. The monoisotopic (exact) mass is 203 g/mol. The zero-order chi connectivity index (χ0) is 7.56. The smallest absolute Gasteiger partial charge is 0.407 e. The largest absolute Gasteiger partial charge is 0.465 e. The minimum absolute atomic E-state index is 0.232. The summed E-state index contributed by atoms with van der Waals surface area (Å²) in [4.78, 5) is 14.1. The quantitative estimate of drug-likeness (QED) is 0.596. The number of nitrogens with zero attached hydrogens (tertiary/aromatic N) is 1. The van der Waals surface area contributed by atoms with Gasteiger partial charge in [0.15, 0.2) is 0 Å². The maximum Gasteiger partial charge on any atom is 0.407 e. The summed E-state index contributed by atoms with van der Waals surface area (Å²) in [6.45, 7) is 1.10. The number of carboxylic acid groups (broad SMARTS) is 1. The highest BCUT2D eigenvalue weighted by molar-refractivity contribution is 9.12. The number of hydrogen-bond acceptors (Lipinski definition) is 1. The highest BCUT2D eigenvalue weighted by atomic mass is 79.9. The second kappa shape index (κ2) is 2.93. The Bertz CT molecular complexity index is 200. The van der Waals surface area contributed by atoms with Gasteiger partial charge in [0.2, 0.25) is 0 Å². The van der Waals surface area contributed by atoms with Crippen LogP contribution in [0.15, 0.2) is 0 Å². The molecule has 3 nitrogen and oxygen atoms in total. The van der Waals surface area contributed by atoms with Gasteiger partial charge < -0.3 is 10.0 Å². The van der Waals surface area contributed by atoms with E-state index in [1.165, 1.54) is 4.90 Å². The first-order valence-electron chi connectivity index (χ1n) is 2.83. The van der Waals surface area contributed by atoms with E-state index in [0.717, 1.165) is 0 Å². The molecule has 10 heavy (non-hydrogen) atoms. The van der Waals surface area contributed by atoms with Gasteiger partial charge in [-0.1, -0.05) is 5.92 Å². The molecule has 0 bridgehead atoms. The lowest BCUT2D eigenvalue weighted by Gasteiger charge is -2.33. The minimum Gasteiger partial charge on any atom is -0.465 e. The second-order valence-electron chi connectivity index (χ2n) is 2.12. The molecule has 1 rings (SSSR count). The summed E-state index contributed by atoms with van der Waals surface area (Å²) in [6.07, 6.45) is -0.854. The molecule has 0 aliphatic carbocycles. The lowest BCUT2D eigenvalue weighted by Crippen LogP contribution is -2.48. The van der Waals surface area contributed by atoms with Crippen molar-refractivity contribution in [2.45, 2.75) is 0 Å². The molecule has 1 heterocycles. The average Bonchev–Trinajstić information content (AvgIpc) is 1.76. The zero-order valence-electron chi connectivity index (χ0n) is 5.17. The van der Waals surface area contributed by atoms with E-state index in [9.17, 15) is 4.79 Å². The van der Waals surface area contributed by atoms with Gasteiger partial charge in [-0.2, -0.15) is 0 Å². The van der Waals surface area contributed by atoms with Crippen molar-refractivity contribution in [3.05, 3.63) is 0 Å². The van der Waals surface area contributed by atoms with Gasteiger partial charge in [-0.15, -0.1) is 0 Å². The summed E-state index contributed by atoms with van der Waals surface area (Å²) in [7, 11) is 0. The van der Waals surface area contributed by atoms with Gasteiger partial charge in [-0.25, -0.2) is 4.79 Å². The number of amides is 1. The first-order chi connectivity index (χ1) is 4.74. The summed E-state index contributed by atoms with van der Waals surface area (Å²) in [5.74, 6) is 3.06. The molecule has 1 aliphatic rings. The highest BCUT2D eigenvalue weighted by Crippen LogP contribution is 2.13. The Labute approximate surface area is 67.1 Å². The summed E-state index contributed by atoms with van der Waals surface area (Å²) >= 11 is 2.95. The average molecular weight is 204 g/mol. The molecule has 0 saturated carbocycles. The van der Waals surface area contributed by atoms with E-state index in [4.69, 9.17) is 5.11 Å². The highest BCUT2D eigenvalue weighted by Gasteiger charge is 2.28. The van der Waals surface area contributed by atoms with Crippen LogP contribution in [0.2, 0.25) is 0 Å². The van der Waals surface area contributed by atoms with Crippen molar-refractivity contribution in [2.75, 3.05) is 13.1 Å². The predicted molar refractivity (Wildman–Crippen MR) is 39.8 cm³/mol. The molecule has 1 amide bonds. The Hall–Kier alpha value is -0.690. The molecule has 0 aromatic heterocycles. The van der Waals surface area contributed by atoms with Gasteiger partial charge in [0.05, 0.1) is 5.92 Å². The van der Waals surface area contributed by atoms with Gasteiger partial charge in [0.25, 0.3) is 0 Å². The molecule has 54 valence electrons. The van der Waals surface area contributed by atoms with Crippen molar-refractivity contribution in [1.82, 2.24) is 4.90 Å².